The maximum Gasteiger partial charge on any atom is 0.138 e. The molecule has 0 fully saturated rings. The first-order chi connectivity index (χ1) is 8.63. The van der Waals surface area contributed by atoms with Crippen molar-refractivity contribution in [1.29, 1.82) is 0 Å². The lowest BCUT2D eigenvalue weighted by atomic mass is 10.0. The fraction of sp³-hybridized carbons (Fsp3) is 0.667. The topological polar surface area (TPSA) is 48.1 Å². The molecule has 0 aliphatic rings. The third kappa shape index (κ3) is 5.50. The monoisotopic (exact) mass is 250 g/mol. The largest absolute Gasteiger partial charge is 0.489 e. The fourth-order valence-electron chi connectivity index (χ4n) is 1.93. The summed E-state index contributed by atoms with van der Waals surface area (Å²) in [5.41, 5.74) is 7.26. The van der Waals surface area contributed by atoms with Crippen molar-refractivity contribution in [3.63, 3.8) is 0 Å². The van der Waals surface area contributed by atoms with Gasteiger partial charge in [-0.3, -0.25) is 4.98 Å². The molecule has 0 radical (unpaired) electrons. The molecule has 1 aromatic rings. The Morgan fingerprint density at radius 2 is 2.00 bits per heavy atom. The summed E-state index contributed by atoms with van der Waals surface area (Å²) in [7, 11) is 0. The maximum atomic E-state index is 6.18. The van der Waals surface area contributed by atoms with Gasteiger partial charge in [0.05, 0.1) is 12.3 Å². The minimum absolute atomic E-state index is 0.0741. The van der Waals surface area contributed by atoms with E-state index in [1.165, 1.54) is 25.7 Å². The number of hydrogen-bond donors (Lipinski definition) is 1. The summed E-state index contributed by atoms with van der Waals surface area (Å²) in [6.07, 6.45) is 9.78. The van der Waals surface area contributed by atoms with Crippen LogP contribution >= 0.6 is 0 Å². The molecule has 0 aliphatic heterocycles. The molecule has 1 aromatic heterocycles. The molecule has 0 aromatic carbocycles. The van der Waals surface area contributed by atoms with E-state index in [1.807, 2.05) is 26.1 Å². The number of unbranched alkanes of at least 4 members (excludes halogenated alkanes) is 3. The van der Waals surface area contributed by atoms with Crippen molar-refractivity contribution in [2.45, 2.75) is 65.0 Å². The smallest absolute Gasteiger partial charge is 0.138 e. The number of pyridine rings is 1. The fourth-order valence-corrected chi connectivity index (χ4v) is 1.93. The van der Waals surface area contributed by atoms with Crippen molar-refractivity contribution >= 4 is 0 Å². The number of nitrogens with zero attached hydrogens (tertiary/aromatic N) is 1. The van der Waals surface area contributed by atoms with Gasteiger partial charge in [-0.05, 0) is 31.9 Å². The van der Waals surface area contributed by atoms with E-state index in [-0.39, 0.29) is 12.1 Å². The predicted octanol–water partition coefficient (Wildman–Crippen LogP) is 3.84. The molecular weight excluding hydrogens is 224 g/mol. The molecule has 3 nitrogen and oxygen atoms in total. The minimum atomic E-state index is 0.0741. The zero-order valence-corrected chi connectivity index (χ0v) is 11.9. The van der Waals surface area contributed by atoms with Crippen LogP contribution in [0.25, 0.3) is 0 Å². The van der Waals surface area contributed by atoms with Crippen LogP contribution in [0.5, 0.6) is 5.75 Å². The Labute approximate surface area is 111 Å². The zero-order valence-electron chi connectivity index (χ0n) is 11.9. The first-order valence-corrected chi connectivity index (χ1v) is 7.00. The van der Waals surface area contributed by atoms with Crippen LogP contribution in [0.15, 0.2) is 18.5 Å². The zero-order chi connectivity index (χ0) is 13.4. The van der Waals surface area contributed by atoms with Gasteiger partial charge in [0.15, 0.2) is 0 Å². The van der Waals surface area contributed by atoms with E-state index < -0.39 is 0 Å². The minimum Gasteiger partial charge on any atom is -0.489 e. The molecule has 0 aliphatic carbocycles. The van der Waals surface area contributed by atoms with Gasteiger partial charge in [0.1, 0.15) is 5.75 Å². The van der Waals surface area contributed by atoms with Crippen LogP contribution < -0.4 is 10.5 Å². The van der Waals surface area contributed by atoms with Crippen LogP contribution in [0.2, 0.25) is 0 Å². The summed E-state index contributed by atoms with van der Waals surface area (Å²) in [5, 5.41) is 0. The third-order valence-electron chi connectivity index (χ3n) is 2.90. The molecule has 0 bridgehead atoms. The van der Waals surface area contributed by atoms with E-state index in [0.29, 0.717) is 0 Å². The van der Waals surface area contributed by atoms with E-state index >= 15 is 0 Å². The van der Waals surface area contributed by atoms with Crippen LogP contribution in [-0.2, 0) is 0 Å². The van der Waals surface area contributed by atoms with Crippen LogP contribution in [-0.4, -0.2) is 11.1 Å². The molecule has 18 heavy (non-hydrogen) atoms. The molecule has 2 N–H and O–H groups in total. The second-order valence-corrected chi connectivity index (χ2v) is 5.08. The number of hydrogen-bond acceptors (Lipinski definition) is 3. The van der Waals surface area contributed by atoms with Crippen molar-refractivity contribution in [1.82, 2.24) is 4.98 Å². The Morgan fingerprint density at radius 1 is 1.22 bits per heavy atom. The van der Waals surface area contributed by atoms with E-state index in [2.05, 4.69) is 11.9 Å². The van der Waals surface area contributed by atoms with Crippen LogP contribution in [0.3, 0.4) is 0 Å². The maximum absolute atomic E-state index is 6.18. The summed E-state index contributed by atoms with van der Waals surface area (Å²) in [5.74, 6) is 0.812. The SMILES string of the molecule is CCCCCCC(N)c1cncc(OC(C)C)c1. The van der Waals surface area contributed by atoms with Crippen LogP contribution in [0.4, 0.5) is 0 Å². The molecule has 3 heteroatoms. The molecule has 0 spiro atoms. The van der Waals surface area contributed by atoms with Gasteiger partial charge in [0, 0.05) is 12.2 Å². The number of rotatable bonds is 8. The van der Waals surface area contributed by atoms with Crippen LogP contribution in [0, 0.1) is 0 Å². The Morgan fingerprint density at radius 3 is 2.67 bits per heavy atom. The summed E-state index contributed by atoms with van der Waals surface area (Å²) in [6.45, 7) is 6.24. The molecular formula is C15H26N2O. The summed E-state index contributed by atoms with van der Waals surface area (Å²) < 4.78 is 5.63. The van der Waals surface area contributed by atoms with Crippen molar-refractivity contribution < 1.29 is 4.74 Å². The highest BCUT2D eigenvalue weighted by Crippen LogP contribution is 2.21. The van der Waals surface area contributed by atoms with Crippen molar-refractivity contribution in [2.24, 2.45) is 5.73 Å². The second kappa shape index (κ2) is 8.09. The first-order valence-electron chi connectivity index (χ1n) is 7.00. The van der Waals surface area contributed by atoms with Gasteiger partial charge in [-0.1, -0.05) is 32.6 Å². The Hall–Kier alpha value is -1.09. The normalized spacial score (nSPS) is 12.7. The Bertz CT molecular complexity index is 339. The van der Waals surface area contributed by atoms with Gasteiger partial charge in [-0.15, -0.1) is 0 Å². The van der Waals surface area contributed by atoms with Crippen molar-refractivity contribution in [3.05, 3.63) is 24.0 Å². The van der Waals surface area contributed by atoms with Gasteiger partial charge >= 0.3 is 0 Å². The molecule has 1 atom stereocenters. The van der Waals surface area contributed by atoms with E-state index in [9.17, 15) is 0 Å². The first kappa shape index (κ1) is 15.0. The second-order valence-electron chi connectivity index (χ2n) is 5.08. The van der Waals surface area contributed by atoms with Gasteiger partial charge < -0.3 is 10.5 Å². The highest BCUT2D eigenvalue weighted by Gasteiger charge is 2.08. The summed E-state index contributed by atoms with van der Waals surface area (Å²) in [4.78, 5) is 4.20. The van der Waals surface area contributed by atoms with E-state index in [1.54, 1.807) is 6.20 Å². The predicted molar refractivity (Wildman–Crippen MR) is 75.7 cm³/mol. The van der Waals surface area contributed by atoms with Gasteiger partial charge in [-0.2, -0.15) is 0 Å². The van der Waals surface area contributed by atoms with Gasteiger partial charge in [-0.25, -0.2) is 0 Å². The summed E-state index contributed by atoms with van der Waals surface area (Å²) in [6, 6.07) is 2.09. The van der Waals surface area contributed by atoms with E-state index in [4.69, 9.17) is 10.5 Å². The van der Waals surface area contributed by atoms with Crippen molar-refractivity contribution in [2.75, 3.05) is 0 Å². The van der Waals surface area contributed by atoms with Crippen LogP contribution in [0.1, 0.15) is 64.5 Å². The average Bonchev–Trinajstić information content (AvgIpc) is 2.34. The molecule has 0 amide bonds. The standard InChI is InChI=1S/C15H26N2O/c1-4-5-6-7-8-15(16)13-9-14(11-17-10-13)18-12(2)3/h9-12,15H,4-8,16H2,1-3H3. The van der Waals surface area contributed by atoms with E-state index in [0.717, 1.165) is 17.7 Å². The third-order valence-corrected chi connectivity index (χ3v) is 2.90. The highest BCUT2D eigenvalue weighted by molar-refractivity contribution is 5.25. The molecule has 0 saturated carbocycles. The lowest BCUT2D eigenvalue weighted by molar-refractivity contribution is 0.241. The molecule has 0 saturated heterocycles. The average molecular weight is 250 g/mol. The van der Waals surface area contributed by atoms with Crippen molar-refractivity contribution in [3.8, 4) is 5.75 Å². The number of ether oxygens (including phenoxy) is 1. The Kier molecular flexibility index (Phi) is 6.73. The molecule has 1 heterocycles. The highest BCUT2D eigenvalue weighted by atomic mass is 16.5. The van der Waals surface area contributed by atoms with Gasteiger partial charge in [0.2, 0.25) is 0 Å². The molecule has 102 valence electrons. The van der Waals surface area contributed by atoms with Gasteiger partial charge in [0.25, 0.3) is 0 Å². The quantitative estimate of drug-likeness (QED) is 0.713. The summed E-state index contributed by atoms with van der Waals surface area (Å²) >= 11 is 0. The lowest BCUT2D eigenvalue weighted by Gasteiger charge is -2.14. The number of aromatic nitrogens is 1. The lowest BCUT2D eigenvalue weighted by Crippen LogP contribution is -2.12. The Balaban J connectivity index is 2.48. The number of nitrogens with two attached hydrogens (primary N) is 1. The molecule has 1 rings (SSSR count). The molecule has 1 unspecified atom stereocenters.